The Morgan fingerprint density at radius 1 is 1.22 bits per heavy atom. The van der Waals surface area contributed by atoms with Crippen LogP contribution in [0.3, 0.4) is 0 Å². The number of aromatic carboxylic acids is 1. The van der Waals surface area contributed by atoms with E-state index in [1.54, 1.807) is 19.1 Å². The van der Waals surface area contributed by atoms with Crippen molar-refractivity contribution in [3.8, 4) is 17.6 Å². The number of amides is 1. The summed E-state index contributed by atoms with van der Waals surface area (Å²) in [5.74, 6) is -2.34. The quantitative estimate of drug-likeness (QED) is 0.331. The zero-order chi connectivity index (χ0) is 23.7. The molecule has 0 bridgehead atoms. The van der Waals surface area contributed by atoms with Gasteiger partial charge in [-0.2, -0.15) is 5.26 Å². The number of methoxy groups -OCH3 is 1. The SMILES string of the molecule is CCOc1cc(/C=C(\C#N)C(=O)Nc2ccccc2C(=O)O)cc(Cl)c1OCC(=O)OC. The fourth-order valence-corrected chi connectivity index (χ4v) is 2.82. The predicted octanol–water partition coefficient (Wildman–Crippen LogP) is 3.53. The maximum absolute atomic E-state index is 12.6. The first-order valence-electron chi connectivity index (χ1n) is 9.22. The van der Waals surface area contributed by atoms with Crippen molar-refractivity contribution in [3.05, 3.63) is 58.1 Å². The molecule has 1 amide bonds. The maximum atomic E-state index is 12.6. The van der Waals surface area contributed by atoms with Crippen molar-refractivity contribution in [2.24, 2.45) is 0 Å². The van der Waals surface area contributed by atoms with E-state index in [1.165, 1.54) is 43.5 Å². The van der Waals surface area contributed by atoms with Gasteiger partial charge in [-0.25, -0.2) is 9.59 Å². The number of rotatable bonds is 9. The summed E-state index contributed by atoms with van der Waals surface area (Å²) in [6.45, 7) is 1.60. The van der Waals surface area contributed by atoms with E-state index in [2.05, 4.69) is 10.1 Å². The number of hydrogen-bond donors (Lipinski definition) is 2. The van der Waals surface area contributed by atoms with Crippen molar-refractivity contribution in [1.82, 2.24) is 0 Å². The summed E-state index contributed by atoms with van der Waals surface area (Å²) in [6.07, 6.45) is 1.26. The number of carboxylic acid groups (broad SMARTS) is 1. The van der Waals surface area contributed by atoms with Gasteiger partial charge in [-0.15, -0.1) is 0 Å². The highest BCUT2D eigenvalue weighted by Crippen LogP contribution is 2.37. The molecular weight excluding hydrogens is 440 g/mol. The van der Waals surface area contributed by atoms with Gasteiger partial charge in [0.15, 0.2) is 18.1 Å². The summed E-state index contributed by atoms with van der Waals surface area (Å²) < 4.78 is 15.4. The molecule has 0 aliphatic rings. The third-order valence-corrected chi connectivity index (χ3v) is 4.26. The van der Waals surface area contributed by atoms with Crippen molar-refractivity contribution in [3.63, 3.8) is 0 Å². The second-order valence-corrected chi connectivity index (χ2v) is 6.51. The first kappa shape index (κ1) is 24.2. The Morgan fingerprint density at radius 2 is 1.94 bits per heavy atom. The first-order chi connectivity index (χ1) is 15.3. The first-order valence-corrected chi connectivity index (χ1v) is 9.59. The molecule has 2 aromatic carbocycles. The van der Waals surface area contributed by atoms with Gasteiger partial charge in [-0.3, -0.25) is 4.79 Å². The van der Waals surface area contributed by atoms with Gasteiger partial charge in [0.1, 0.15) is 11.6 Å². The van der Waals surface area contributed by atoms with Gasteiger partial charge >= 0.3 is 11.9 Å². The van der Waals surface area contributed by atoms with E-state index in [9.17, 15) is 24.8 Å². The van der Waals surface area contributed by atoms with Gasteiger partial charge < -0.3 is 24.6 Å². The maximum Gasteiger partial charge on any atom is 0.343 e. The van der Waals surface area contributed by atoms with E-state index < -0.39 is 17.8 Å². The number of nitrogens with zero attached hydrogens (tertiary/aromatic N) is 1. The van der Waals surface area contributed by atoms with Crippen LogP contribution < -0.4 is 14.8 Å². The van der Waals surface area contributed by atoms with Crippen LogP contribution in [-0.4, -0.2) is 43.3 Å². The van der Waals surface area contributed by atoms with Crippen LogP contribution in [-0.2, 0) is 14.3 Å². The van der Waals surface area contributed by atoms with Crippen molar-refractivity contribution < 1.29 is 33.7 Å². The molecule has 0 aliphatic carbocycles. The monoisotopic (exact) mass is 458 g/mol. The molecular formula is C22H19ClN2O7. The zero-order valence-corrected chi connectivity index (χ0v) is 17.9. The number of carboxylic acids is 1. The fraction of sp³-hybridized carbons (Fsp3) is 0.182. The van der Waals surface area contributed by atoms with E-state index >= 15 is 0 Å². The number of halogens is 1. The highest BCUT2D eigenvalue weighted by Gasteiger charge is 2.17. The van der Waals surface area contributed by atoms with Crippen LogP contribution in [0, 0.1) is 11.3 Å². The molecule has 0 heterocycles. The Bertz CT molecular complexity index is 1110. The summed E-state index contributed by atoms with van der Waals surface area (Å²) in [5, 5.41) is 21.2. The summed E-state index contributed by atoms with van der Waals surface area (Å²) in [5.41, 5.74) is -0.0216. The smallest absolute Gasteiger partial charge is 0.343 e. The molecule has 2 N–H and O–H groups in total. The molecule has 0 saturated carbocycles. The number of benzene rings is 2. The second kappa shape index (κ2) is 11.4. The van der Waals surface area contributed by atoms with Crippen LogP contribution in [0.25, 0.3) is 6.08 Å². The lowest BCUT2D eigenvalue weighted by atomic mass is 10.1. The molecule has 0 spiro atoms. The van der Waals surface area contributed by atoms with Gasteiger partial charge in [0.25, 0.3) is 5.91 Å². The Kier molecular flexibility index (Phi) is 8.63. The highest BCUT2D eigenvalue weighted by molar-refractivity contribution is 6.32. The lowest BCUT2D eigenvalue weighted by Crippen LogP contribution is -2.16. The Morgan fingerprint density at radius 3 is 2.56 bits per heavy atom. The van der Waals surface area contributed by atoms with Crippen LogP contribution in [0.5, 0.6) is 11.5 Å². The highest BCUT2D eigenvalue weighted by atomic mass is 35.5. The van der Waals surface area contributed by atoms with Gasteiger partial charge in [0.05, 0.1) is 30.0 Å². The minimum absolute atomic E-state index is 0.0470. The molecule has 0 fully saturated rings. The number of para-hydroxylation sites is 1. The normalized spacial score (nSPS) is 10.6. The molecule has 32 heavy (non-hydrogen) atoms. The average molecular weight is 459 g/mol. The molecule has 0 atom stereocenters. The van der Waals surface area contributed by atoms with E-state index in [-0.39, 0.29) is 46.6 Å². The van der Waals surface area contributed by atoms with Crippen LogP contribution in [0.15, 0.2) is 42.0 Å². The number of carbonyl (C=O) groups excluding carboxylic acids is 2. The molecule has 10 heteroatoms. The van der Waals surface area contributed by atoms with Crippen molar-refractivity contribution in [2.75, 3.05) is 25.6 Å². The Labute approximate surface area is 188 Å². The predicted molar refractivity (Wildman–Crippen MR) is 116 cm³/mol. The van der Waals surface area contributed by atoms with Crippen molar-refractivity contribution >= 4 is 41.2 Å². The van der Waals surface area contributed by atoms with E-state index in [1.807, 2.05) is 0 Å². The zero-order valence-electron chi connectivity index (χ0n) is 17.2. The number of nitrogens with one attached hydrogen (secondary N) is 1. The Balaban J connectivity index is 2.35. The van der Waals surface area contributed by atoms with Crippen molar-refractivity contribution in [2.45, 2.75) is 6.92 Å². The summed E-state index contributed by atoms with van der Waals surface area (Å²) in [7, 11) is 1.22. The van der Waals surface area contributed by atoms with E-state index in [0.29, 0.717) is 5.56 Å². The molecule has 0 aliphatic heterocycles. The molecule has 0 saturated heterocycles. The number of hydrogen-bond acceptors (Lipinski definition) is 7. The minimum atomic E-state index is -1.22. The molecule has 9 nitrogen and oxygen atoms in total. The number of carbonyl (C=O) groups is 3. The number of nitriles is 1. The largest absolute Gasteiger partial charge is 0.490 e. The average Bonchev–Trinajstić information content (AvgIpc) is 2.76. The molecule has 166 valence electrons. The minimum Gasteiger partial charge on any atom is -0.490 e. The van der Waals surface area contributed by atoms with Crippen LogP contribution in [0.2, 0.25) is 5.02 Å². The van der Waals surface area contributed by atoms with Crippen molar-refractivity contribution in [1.29, 1.82) is 5.26 Å². The molecule has 0 aromatic heterocycles. The molecule has 0 radical (unpaired) electrons. The summed E-state index contributed by atoms with van der Waals surface area (Å²) in [6, 6.07) is 10.5. The second-order valence-electron chi connectivity index (χ2n) is 6.10. The summed E-state index contributed by atoms with van der Waals surface area (Å²) >= 11 is 6.25. The third kappa shape index (κ3) is 6.23. The van der Waals surface area contributed by atoms with E-state index in [0.717, 1.165) is 0 Å². The van der Waals surface area contributed by atoms with Gasteiger partial charge in [0.2, 0.25) is 0 Å². The summed E-state index contributed by atoms with van der Waals surface area (Å²) in [4.78, 5) is 35.2. The number of esters is 1. The van der Waals surface area contributed by atoms with Gasteiger partial charge in [0, 0.05) is 0 Å². The standard InChI is InChI=1S/C22H19ClN2O7/c1-3-31-18-10-13(9-16(23)20(18)32-12-19(26)30-2)8-14(11-24)21(27)25-17-7-5-4-6-15(17)22(28)29/h4-10H,3,12H2,1-2H3,(H,25,27)(H,28,29)/b14-8+. The number of anilines is 1. The topological polar surface area (TPSA) is 135 Å². The van der Waals surface area contributed by atoms with Crippen LogP contribution in [0.1, 0.15) is 22.8 Å². The number of ether oxygens (including phenoxy) is 3. The van der Waals surface area contributed by atoms with Crippen LogP contribution in [0.4, 0.5) is 5.69 Å². The fourth-order valence-electron chi connectivity index (χ4n) is 2.55. The lowest BCUT2D eigenvalue weighted by Gasteiger charge is -2.14. The molecule has 0 unspecified atom stereocenters. The molecule has 2 aromatic rings. The lowest BCUT2D eigenvalue weighted by molar-refractivity contribution is -0.142. The third-order valence-electron chi connectivity index (χ3n) is 3.98. The Hall–Kier alpha value is -4.03. The molecule has 2 rings (SSSR count). The van der Waals surface area contributed by atoms with Gasteiger partial charge in [-0.1, -0.05) is 23.7 Å². The van der Waals surface area contributed by atoms with E-state index in [4.69, 9.17) is 21.1 Å². The van der Waals surface area contributed by atoms with Crippen LogP contribution >= 0.6 is 11.6 Å². The van der Waals surface area contributed by atoms with Gasteiger partial charge in [-0.05, 0) is 42.8 Å².